The third-order valence-electron chi connectivity index (χ3n) is 3.77. The topological polar surface area (TPSA) is 72.2 Å². The van der Waals surface area contributed by atoms with E-state index < -0.39 is 5.63 Å². The summed E-state index contributed by atoms with van der Waals surface area (Å²) in [6, 6.07) is 10.8. The Balaban J connectivity index is 1.67. The zero-order valence-corrected chi connectivity index (χ0v) is 13.7. The van der Waals surface area contributed by atoms with Crippen LogP contribution < -0.4 is 10.9 Å². The molecule has 6 heteroatoms. The fourth-order valence-corrected chi connectivity index (χ4v) is 3.52. The fraction of sp³-hybridized carbons (Fsp3) is 0. The lowest BCUT2D eigenvalue weighted by Gasteiger charge is -2.00. The molecule has 1 N–H and O–H groups in total. The van der Waals surface area contributed by atoms with E-state index in [1.54, 1.807) is 24.4 Å². The Hall–Kier alpha value is -3.25. The molecular weight excluding hydrogens is 336 g/mol. The molecule has 25 heavy (non-hydrogen) atoms. The summed E-state index contributed by atoms with van der Waals surface area (Å²) >= 11 is 1.39. The monoisotopic (exact) mass is 348 g/mol. The molecule has 4 aromatic rings. The van der Waals surface area contributed by atoms with Crippen molar-refractivity contribution in [3.8, 4) is 0 Å². The van der Waals surface area contributed by atoms with Crippen molar-refractivity contribution in [3.63, 3.8) is 0 Å². The lowest BCUT2D eigenvalue weighted by molar-refractivity contribution is 0.104. The van der Waals surface area contributed by atoms with E-state index in [-0.39, 0.29) is 5.78 Å². The second-order valence-electron chi connectivity index (χ2n) is 5.32. The van der Waals surface area contributed by atoms with Crippen LogP contribution in [0.3, 0.4) is 0 Å². The van der Waals surface area contributed by atoms with Gasteiger partial charge in [-0.25, -0.2) is 4.79 Å². The lowest BCUT2D eigenvalue weighted by Crippen LogP contribution is -2.01. The van der Waals surface area contributed by atoms with Gasteiger partial charge in [-0.15, -0.1) is 11.3 Å². The van der Waals surface area contributed by atoms with Crippen molar-refractivity contribution in [3.05, 3.63) is 82.4 Å². The van der Waals surface area contributed by atoms with Gasteiger partial charge in [0, 0.05) is 46.4 Å². The molecule has 0 radical (unpaired) electrons. The van der Waals surface area contributed by atoms with Crippen LogP contribution in [-0.2, 0) is 0 Å². The smallest absolute Gasteiger partial charge is 0.347 e. The van der Waals surface area contributed by atoms with E-state index in [2.05, 4.69) is 10.3 Å². The number of rotatable bonds is 4. The van der Waals surface area contributed by atoms with Gasteiger partial charge in [0.2, 0.25) is 0 Å². The molecule has 3 heterocycles. The van der Waals surface area contributed by atoms with E-state index in [0.717, 1.165) is 10.8 Å². The number of para-hydroxylation sites is 1. The first kappa shape index (κ1) is 15.3. The number of anilines is 1. The third kappa shape index (κ3) is 2.83. The molecular formula is C19H12N2O3S. The van der Waals surface area contributed by atoms with Gasteiger partial charge in [0.25, 0.3) is 0 Å². The molecule has 0 fully saturated rings. The van der Waals surface area contributed by atoms with Gasteiger partial charge in [0.05, 0.1) is 0 Å². The molecule has 0 amide bonds. The highest BCUT2D eigenvalue weighted by Gasteiger charge is 2.12. The molecule has 0 unspecified atom stereocenters. The SMILES string of the molecule is O=C(/C=C\Nc1scc2c1c(=O)oc1ccccc12)c1cccnc1. The van der Waals surface area contributed by atoms with Crippen molar-refractivity contribution in [2.45, 2.75) is 0 Å². The summed E-state index contributed by atoms with van der Waals surface area (Å²) in [4.78, 5) is 28.2. The normalized spacial score (nSPS) is 11.4. The molecule has 0 spiro atoms. The molecule has 0 atom stereocenters. The number of carbonyl (C=O) groups excluding carboxylic acids is 1. The van der Waals surface area contributed by atoms with Crippen LogP contribution in [0.1, 0.15) is 10.4 Å². The molecule has 4 rings (SSSR count). The number of nitrogens with zero attached hydrogens (tertiary/aromatic N) is 1. The van der Waals surface area contributed by atoms with Crippen LogP contribution in [0.2, 0.25) is 0 Å². The Morgan fingerprint density at radius 2 is 2.04 bits per heavy atom. The summed E-state index contributed by atoms with van der Waals surface area (Å²) < 4.78 is 5.38. The van der Waals surface area contributed by atoms with Crippen molar-refractivity contribution < 1.29 is 9.21 Å². The molecule has 3 aromatic heterocycles. The van der Waals surface area contributed by atoms with Crippen molar-refractivity contribution in [1.29, 1.82) is 0 Å². The minimum Gasteiger partial charge on any atom is -0.422 e. The second-order valence-corrected chi connectivity index (χ2v) is 6.20. The number of pyridine rings is 1. The van der Waals surface area contributed by atoms with Gasteiger partial charge in [-0.3, -0.25) is 9.78 Å². The number of nitrogens with one attached hydrogen (secondary N) is 1. The maximum Gasteiger partial charge on any atom is 0.347 e. The van der Waals surface area contributed by atoms with Crippen LogP contribution in [0.5, 0.6) is 0 Å². The van der Waals surface area contributed by atoms with E-state index in [1.807, 2.05) is 23.6 Å². The van der Waals surface area contributed by atoms with Gasteiger partial charge < -0.3 is 9.73 Å². The number of thiophene rings is 1. The number of carbonyl (C=O) groups is 1. The highest BCUT2D eigenvalue weighted by atomic mass is 32.1. The summed E-state index contributed by atoms with van der Waals surface area (Å²) in [6.07, 6.45) is 6.05. The average molecular weight is 348 g/mol. The minimum absolute atomic E-state index is 0.168. The highest BCUT2D eigenvalue weighted by molar-refractivity contribution is 7.16. The van der Waals surface area contributed by atoms with Crippen molar-refractivity contribution >= 4 is 43.9 Å². The van der Waals surface area contributed by atoms with Gasteiger partial charge in [0.1, 0.15) is 16.0 Å². The number of allylic oxidation sites excluding steroid dienone is 1. The third-order valence-corrected chi connectivity index (χ3v) is 4.68. The first-order valence-electron chi connectivity index (χ1n) is 7.54. The first-order chi connectivity index (χ1) is 12.2. The van der Waals surface area contributed by atoms with Crippen LogP contribution in [0.4, 0.5) is 5.00 Å². The molecule has 122 valence electrons. The molecule has 0 saturated heterocycles. The van der Waals surface area contributed by atoms with Crippen LogP contribution >= 0.6 is 11.3 Å². The highest BCUT2D eigenvalue weighted by Crippen LogP contribution is 2.33. The largest absolute Gasteiger partial charge is 0.422 e. The van der Waals surface area contributed by atoms with Crippen LogP contribution in [0.15, 0.2) is 75.7 Å². The molecule has 1 aromatic carbocycles. The lowest BCUT2D eigenvalue weighted by atomic mass is 10.1. The van der Waals surface area contributed by atoms with E-state index in [4.69, 9.17) is 4.42 Å². The number of benzene rings is 1. The quantitative estimate of drug-likeness (QED) is 0.340. The zero-order chi connectivity index (χ0) is 17.2. The number of ketones is 1. The first-order valence-corrected chi connectivity index (χ1v) is 8.42. The van der Waals surface area contributed by atoms with Crippen LogP contribution in [0.25, 0.3) is 21.7 Å². The van der Waals surface area contributed by atoms with Gasteiger partial charge in [-0.1, -0.05) is 18.2 Å². The van der Waals surface area contributed by atoms with Gasteiger partial charge in [-0.2, -0.15) is 0 Å². The average Bonchev–Trinajstić information content (AvgIpc) is 3.07. The minimum atomic E-state index is -0.399. The van der Waals surface area contributed by atoms with Crippen molar-refractivity contribution in [1.82, 2.24) is 4.98 Å². The van der Waals surface area contributed by atoms with Crippen LogP contribution in [-0.4, -0.2) is 10.8 Å². The number of hydrogen-bond acceptors (Lipinski definition) is 6. The van der Waals surface area contributed by atoms with Gasteiger partial charge in [0.15, 0.2) is 5.78 Å². The Labute approximate surface area is 146 Å². The maximum absolute atomic E-state index is 12.3. The number of aromatic nitrogens is 1. The van der Waals surface area contributed by atoms with Crippen molar-refractivity contribution in [2.75, 3.05) is 5.32 Å². The maximum atomic E-state index is 12.3. The zero-order valence-electron chi connectivity index (χ0n) is 12.9. The number of fused-ring (bicyclic) bond motifs is 3. The molecule has 0 bridgehead atoms. The Kier molecular flexibility index (Phi) is 3.87. The summed E-state index contributed by atoms with van der Waals surface area (Å²) in [5.74, 6) is -0.168. The summed E-state index contributed by atoms with van der Waals surface area (Å²) in [7, 11) is 0. The molecule has 5 nitrogen and oxygen atoms in total. The predicted molar refractivity (Wildman–Crippen MR) is 99.2 cm³/mol. The summed E-state index contributed by atoms with van der Waals surface area (Å²) in [6.45, 7) is 0. The molecule has 0 aliphatic heterocycles. The van der Waals surface area contributed by atoms with Gasteiger partial charge in [-0.05, 0) is 18.2 Å². The summed E-state index contributed by atoms with van der Waals surface area (Å²) in [5, 5.41) is 7.78. The Bertz CT molecular complexity index is 1160. The fourth-order valence-electron chi connectivity index (χ4n) is 2.59. The standard InChI is InChI=1S/C19H12N2O3S/c22-15(12-4-3-8-20-10-12)7-9-21-18-17-14(11-25-18)13-5-1-2-6-16(13)24-19(17)23/h1-11,21H/b9-7-. The Morgan fingerprint density at radius 3 is 2.88 bits per heavy atom. The van der Waals surface area contributed by atoms with Gasteiger partial charge >= 0.3 is 5.63 Å². The summed E-state index contributed by atoms with van der Waals surface area (Å²) in [5.41, 5.74) is 0.665. The number of hydrogen-bond donors (Lipinski definition) is 1. The molecule has 0 aliphatic rings. The van der Waals surface area contributed by atoms with E-state index in [0.29, 0.717) is 21.5 Å². The van der Waals surface area contributed by atoms with E-state index >= 15 is 0 Å². The van der Waals surface area contributed by atoms with E-state index in [9.17, 15) is 9.59 Å². The van der Waals surface area contributed by atoms with Crippen molar-refractivity contribution in [2.24, 2.45) is 0 Å². The van der Waals surface area contributed by atoms with E-state index in [1.165, 1.54) is 29.8 Å². The second kappa shape index (κ2) is 6.33. The van der Waals surface area contributed by atoms with Crippen LogP contribution in [0, 0.1) is 0 Å². The molecule has 0 aliphatic carbocycles. The molecule has 0 saturated carbocycles. The Morgan fingerprint density at radius 1 is 1.16 bits per heavy atom. The predicted octanol–water partition coefficient (Wildman–Crippen LogP) is 4.21.